The fourth-order valence-corrected chi connectivity index (χ4v) is 3.34. The van der Waals surface area contributed by atoms with E-state index in [0.29, 0.717) is 0 Å². The normalized spacial score (nSPS) is 12.5. The van der Waals surface area contributed by atoms with Gasteiger partial charge in [-0.15, -0.1) is 11.3 Å². The zero-order valence-electron chi connectivity index (χ0n) is 11.9. The molecule has 2 aromatic rings. The van der Waals surface area contributed by atoms with Crippen molar-refractivity contribution in [1.29, 1.82) is 0 Å². The second kappa shape index (κ2) is 6.99. The second-order valence-corrected chi connectivity index (χ2v) is 6.68. The van der Waals surface area contributed by atoms with E-state index in [1.807, 2.05) is 18.2 Å². The van der Waals surface area contributed by atoms with Crippen LogP contribution in [0.1, 0.15) is 39.5 Å². The van der Waals surface area contributed by atoms with E-state index in [0.717, 1.165) is 45.5 Å². The second-order valence-electron chi connectivity index (χ2n) is 4.96. The number of rotatable bonds is 6. The molecule has 3 nitrogen and oxygen atoms in total. The van der Waals surface area contributed by atoms with Crippen LogP contribution in [-0.4, -0.2) is 10.9 Å². The minimum absolute atomic E-state index is 0.103. The summed E-state index contributed by atoms with van der Waals surface area (Å²) in [5.41, 5.74) is 1.82. The van der Waals surface area contributed by atoms with Crippen molar-refractivity contribution in [3.8, 4) is 0 Å². The van der Waals surface area contributed by atoms with Crippen LogP contribution in [0, 0.1) is 9.87 Å². The summed E-state index contributed by atoms with van der Waals surface area (Å²) in [4.78, 5) is 15.4. The molecule has 1 amide bonds. The number of amides is 1. The highest BCUT2D eigenvalue weighted by Crippen LogP contribution is 2.23. The van der Waals surface area contributed by atoms with Gasteiger partial charge in [0.25, 0.3) is 0 Å². The smallest absolute Gasteiger partial charge is 0.227 e. The van der Waals surface area contributed by atoms with Crippen LogP contribution in [0.25, 0.3) is 10.2 Å². The van der Waals surface area contributed by atoms with Gasteiger partial charge in [-0.05, 0) is 43.3 Å². The molecular weight excluding hydrogens is 288 g/mol. The van der Waals surface area contributed by atoms with Gasteiger partial charge in [0.1, 0.15) is 0 Å². The van der Waals surface area contributed by atoms with Gasteiger partial charge in [-0.25, -0.2) is 0 Å². The van der Waals surface area contributed by atoms with Crippen LogP contribution in [0.2, 0.25) is 0 Å². The van der Waals surface area contributed by atoms with Gasteiger partial charge < -0.3 is 10.3 Å². The van der Waals surface area contributed by atoms with Crippen LogP contribution >= 0.6 is 23.6 Å². The molecule has 1 unspecified atom stereocenters. The Balaban J connectivity index is 2.09. The quantitative estimate of drug-likeness (QED) is 0.728. The van der Waals surface area contributed by atoms with E-state index in [2.05, 4.69) is 24.1 Å². The van der Waals surface area contributed by atoms with Crippen LogP contribution in [0.4, 0.5) is 5.69 Å². The molecule has 0 bridgehead atoms. The van der Waals surface area contributed by atoms with Crippen molar-refractivity contribution in [3.05, 3.63) is 22.2 Å². The molecule has 0 radical (unpaired) electrons. The number of aromatic amines is 1. The van der Waals surface area contributed by atoms with Gasteiger partial charge in [0.2, 0.25) is 5.91 Å². The molecule has 20 heavy (non-hydrogen) atoms. The van der Waals surface area contributed by atoms with E-state index in [1.165, 1.54) is 0 Å². The number of carbonyl (C=O) groups is 1. The number of carbonyl (C=O) groups excluding carboxylic acids is 1. The van der Waals surface area contributed by atoms with Crippen molar-refractivity contribution in [2.24, 2.45) is 5.92 Å². The van der Waals surface area contributed by atoms with Gasteiger partial charge in [-0.3, -0.25) is 4.79 Å². The zero-order chi connectivity index (χ0) is 14.5. The molecule has 0 spiro atoms. The third-order valence-corrected chi connectivity index (χ3v) is 4.67. The maximum atomic E-state index is 12.3. The number of nitrogens with one attached hydrogen (secondary N) is 2. The summed E-state index contributed by atoms with van der Waals surface area (Å²) in [6, 6.07) is 5.88. The molecule has 1 aromatic carbocycles. The van der Waals surface area contributed by atoms with Crippen LogP contribution in [0.3, 0.4) is 0 Å². The van der Waals surface area contributed by atoms with Gasteiger partial charge >= 0.3 is 0 Å². The molecule has 2 rings (SSSR count). The highest BCUT2D eigenvalue weighted by molar-refractivity contribution is 7.73. The highest BCUT2D eigenvalue weighted by atomic mass is 32.1. The largest absolute Gasteiger partial charge is 0.337 e. The summed E-state index contributed by atoms with van der Waals surface area (Å²) >= 11 is 6.68. The summed E-state index contributed by atoms with van der Waals surface area (Å²) in [7, 11) is 0. The Kier molecular flexibility index (Phi) is 5.31. The highest BCUT2D eigenvalue weighted by Gasteiger charge is 2.16. The maximum absolute atomic E-state index is 12.3. The van der Waals surface area contributed by atoms with Crippen LogP contribution in [-0.2, 0) is 4.79 Å². The number of hydrogen-bond acceptors (Lipinski definition) is 3. The van der Waals surface area contributed by atoms with E-state index in [1.54, 1.807) is 11.3 Å². The van der Waals surface area contributed by atoms with E-state index in [-0.39, 0.29) is 11.8 Å². The minimum Gasteiger partial charge on any atom is -0.337 e. The SMILES string of the molecule is CCCCC(CC)C(=O)Nc1ccc2sc(=S)[nH]c2c1. The first-order valence-electron chi connectivity index (χ1n) is 7.07. The maximum Gasteiger partial charge on any atom is 0.227 e. The third-order valence-electron chi connectivity index (χ3n) is 3.46. The van der Waals surface area contributed by atoms with E-state index in [4.69, 9.17) is 12.2 Å². The average Bonchev–Trinajstić information content (AvgIpc) is 2.79. The van der Waals surface area contributed by atoms with E-state index < -0.39 is 0 Å². The molecule has 0 aliphatic rings. The first-order valence-corrected chi connectivity index (χ1v) is 8.30. The van der Waals surface area contributed by atoms with E-state index >= 15 is 0 Å². The van der Waals surface area contributed by atoms with Crippen LogP contribution < -0.4 is 5.32 Å². The van der Waals surface area contributed by atoms with Gasteiger partial charge in [0.15, 0.2) is 3.95 Å². The van der Waals surface area contributed by atoms with E-state index in [9.17, 15) is 4.79 Å². The lowest BCUT2D eigenvalue weighted by Crippen LogP contribution is -2.22. The number of hydrogen-bond donors (Lipinski definition) is 2. The number of anilines is 1. The molecule has 1 atom stereocenters. The van der Waals surface area contributed by atoms with Crippen molar-refractivity contribution in [2.45, 2.75) is 39.5 Å². The number of benzene rings is 1. The van der Waals surface area contributed by atoms with Gasteiger partial charge in [-0.1, -0.05) is 26.7 Å². The molecule has 0 fully saturated rings. The lowest BCUT2D eigenvalue weighted by molar-refractivity contribution is -0.120. The molecule has 1 heterocycles. The standard InChI is InChI=1S/C15H20N2OS2/c1-3-5-6-10(4-2)14(18)16-11-7-8-13-12(9-11)17-15(19)20-13/h7-10H,3-6H2,1-2H3,(H,16,18)(H,17,19). The van der Waals surface area contributed by atoms with Crippen molar-refractivity contribution in [2.75, 3.05) is 5.32 Å². The molecule has 5 heteroatoms. The molecule has 0 saturated carbocycles. The topological polar surface area (TPSA) is 44.9 Å². The summed E-state index contributed by atoms with van der Waals surface area (Å²) in [6.07, 6.45) is 4.07. The van der Waals surface area contributed by atoms with Crippen molar-refractivity contribution in [1.82, 2.24) is 4.98 Å². The summed E-state index contributed by atoms with van der Waals surface area (Å²) in [5.74, 6) is 0.223. The number of thiazole rings is 1. The lowest BCUT2D eigenvalue weighted by Gasteiger charge is -2.14. The predicted octanol–water partition coefficient (Wildman–Crippen LogP) is 5.11. The predicted molar refractivity (Wildman–Crippen MR) is 88.9 cm³/mol. The Morgan fingerprint density at radius 1 is 1.45 bits per heavy atom. The molecule has 0 saturated heterocycles. The van der Waals surface area contributed by atoms with Crippen LogP contribution in [0.5, 0.6) is 0 Å². The first kappa shape index (κ1) is 15.2. The number of H-pyrrole nitrogens is 1. The van der Waals surface area contributed by atoms with Crippen molar-refractivity contribution >= 4 is 45.4 Å². The molecule has 2 N–H and O–H groups in total. The fraction of sp³-hybridized carbons (Fsp3) is 0.467. The zero-order valence-corrected chi connectivity index (χ0v) is 13.5. The van der Waals surface area contributed by atoms with Crippen LogP contribution in [0.15, 0.2) is 18.2 Å². The molecule has 0 aliphatic heterocycles. The van der Waals surface area contributed by atoms with Crippen molar-refractivity contribution in [3.63, 3.8) is 0 Å². The first-order chi connectivity index (χ1) is 9.63. The monoisotopic (exact) mass is 308 g/mol. The molecule has 108 valence electrons. The number of fused-ring (bicyclic) bond motifs is 1. The van der Waals surface area contributed by atoms with Gasteiger partial charge in [0, 0.05) is 11.6 Å². The third kappa shape index (κ3) is 3.67. The Morgan fingerprint density at radius 3 is 2.95 bits per heavy atom. The number of aromatic nitrogens is 1. The van der Waals surface area contributed by atoms with Crippen molar-refractivity contribution < 1.29 is 4.79 Å². The Bertz CT molecular complexity index is 645. The Labute approximate surface area is 128 Å². The summed E-state index contributed by atoms with van der Waals surface area (Å²) in [5, 5.41) is 3.01. The minimum atomic E-state index is 0.103. The Morgan fingerprint density at radius 2 is 2.25 bits per heavy atom. The Hall–Kier alpha value is -1.20. The fourth-order valence-electron chi connectivity index (χ4n) is 2.25. The van der Waals surface area contributed by atoms with Gasteiger partial charge in [0.05, 0.1) is 10.2 Å². The van der Waals surface area contributed by atoms with Gasteiger partial charge in [-0.2, -0.15) is 0 Å². The number of unbranched alkanes of at least 4 members (excludes halogenated alkanes) is 1. The molecular formula is C15H20N2OS2. The summed E-state index contributed by atoms with van der Waals surface area (Å²) < 4.78 is 1.88. The lowest BCUT2D eigenvalue weighted by atomic mass is 9.98. The molecule has 0 aliphatic carbocycles. The summed E-state index contributed by atoms with van der Waals surface area (Å²) in [6.45, 7) is 4.22. The average molecular weight is 308 g/mol. The molecule has 1 aromatic heterocycles.